The van der Waals surface area contributed by atoms with Gasteiger partial charge in [0.2, 0.25) is 0 Å². The molecule has 5 rings (SSSR count). The summed E-state index contributed by atoms with van der Waals surface area (Å²) in [5.41, 5.74) is 1.29. The van der Waals surface area contributed by atoms with Gasteiger partial charge in [0.25, 0.3) is 10.0 Å². The molecule has 0 radical (unpaired) electrons. The van der Waals surface area contributed by atoms with Gasteiger partial charge in [-0.1, -0.05) is 66.7 Å². The summed E-state index contributed by atoms with van der Waals surface area (Å²) in [6, 6.07) is 26.3. The largest absolute Gasteiger partial charge is 0.279 e. The maximum Gasteiger partial charge on any atom is 0.261 e. The van der Waals surface area contributed by atoms with E-state index < -0.39 is 10.0 Å². The summed E-state index contributed by atoms with van der Waals surface area (Å²) in [4.78, 5) is 4.71. The Hall–Kier alpha value is -3.44. The molecule has 0 saturated heterocycles. The van der Waals surface area contributed by atoms with Crippen LogP contribution in [0.1, 0.15) is 0 Å². The first-order valence-electron chi connectivity index (χ1n) is 8.90. The van der Waals surface area contributed by atoms with E-state index in [2.05, 4.69) is 9.71 Å². The monoisotopic (exact) mass is 384 g/mol. The zero-order chi connectivity index (χ0) is 19.1. The summed E-state index contributed by atoms with van der Waals surface area (Å²) >= 11 is 0. The highest BCUT2D eigenvalue weighted by Gasteiger charge is 2.17. The Morgan fingerprint density at radius 2 is 1.39 bits per heavy atom. The average Bonchev–Trinajstić information content (AvgIpc) is 2.73. The van der Waals surface area contributed by atoms with E-state index >= 15 is 0 Å². The molecule has 0 fully saturated rings. The van der Waals surface area contributed by atoms with Gasteiger partial charge in [0.1, 0.15) is 0 Å². The molecule has 0 bridgehead atoms. The first-order valence-corrected chi connectivity index (χ1v) is 10.4. The van der Waals surface area contributed by atoms with Gasteiger partial charge in [-0.15, -0.1) is 0 Å². The van der Waals surface area contributed by atoms with Crippen LogP contribution in [0.4, 0.5) is 5.69 Å². The van der Waals surface area contributed by atoms with E-state index in [9.17, 15) is 8.42 Å². The molecule has 0 spiro atoms. The van der Waals surface area contributed by atoms with Gasteiger partial charge in [-0.3, -0.25) is 9.71 Å². The number of benzene rings is 4. The molecule has 0 saturated carbocycles. The van der Waals surface area contributed by atoms with E-state index in [1.165, 1.54) is 0 Å². The van der Waals surface area contributed by atoms with E-state index in [1.54, 1.807) is 24.4 Å². The van der Waals surface area contributed by atoms with Crippen molar-refractivity contribution in [2.75, 3.05) is 4.72 Å². The number of sulfonamides is 1. The second kappa shape index (κ2) is 6.32. The molecule has 0 amide bonds. The van der Waals surface area contributed by atoms with Crippen molar-refractivity contribution in [1.82, 2.24) is 4.98 Å². The fourth-order valence-corrected chi connectivity index (χ4v) is 4.63. The Balaban J connectivity index is 1.63. The zero-order valence-corrected chi connectivity index (χ0v) is 15.6. The molecular formula is C23H16N2O2S. The van der Waals surface area contributed by atoms with Gasteiger partial charge in [-0.2, -0.15) is 0 Å². The third-order valence-electron chi connectivity index (χ3n) is 4.91. The van der Waals surface area contributed by atoms with Crippen LogP contribution >= 0.6 is 0 Å². The number of hydrogen-bond donors (Lipinski definition) is 1. The quantitative estimate of drug-likeness (QED) is 0.427. The Morgan fingerprint density at radius 1 is 0.679 bits per heavy atom. The maximum absolute atomic E-state index is 13.0. The second-order valence-electron chi connectivity index (χ2n) is 6.66. The average molecular weight is 384 g/mol. The lowest BCUT2D eigenvalue weighted by molar-refractivity contribution is 0.601. The summed E-state index contributed by atoms with van der Waals surface area (Å²) in [7, 11) is -3.73. The Kier molecular flexibility index (Phi) is 3.77. The molecule has 1 aromatic heterocycles. The van der Waals surface area contributed by atoms with Crippen LogP contribution in [-0.2, 0) is 10.0 Å². The van der Waals surface area contributed by atoms with Crippen molar-refractivity contribution in [3.63, 3.8) is 0 Å². The Labute approximate surface area is 162 Å². The van der Waals surface area contributed by atoms with Gasteiger partial charge >= 0.3 is 0 Å². The van der Waals surface area contributed by atoms with Crippen LogP contribution in [0.25, 0.3) is 32.4 Å². The van der Waals surface area contributed by atoms with Crippen LogP contribution in [0.15, 0.2) is 96.0 Å². The standard InChI is InChI=1S/C23H16N2O2S/c26-28(27,19-11-9-16-5-1-2-7-18(16)15-19)25-22-13-14-24-23-20-8-4-3-6-17(20)10-12-21(22)23/h1-15H,(H,24,25). The van der Waals surface area contributed by atoms with Gasteiger partial charge < -0.3 is 0 Å². The molecule has 0 aliphatic rings. The molecule has 5 aromatic rings. The van der Waals surface area contributed by atoms with E-state index in [0.29, 0.717) is 5.69 Å². The molecule has 28 heavy (non-hydrogen) atoms. The van der Waals surface area contributed by atoms with Crippen molar-refractivity contribution < 1.29 is 8.42 Å². The third kappa shape index (κ3) is 2.77. The highest BCUT2D eigenvalue weighted by Crippen LogP contribution is 2.30. The van der Waals surface area contributed by atoms with E-state index in [4.69, 9.17) is 0 Å². The number of nitrogens with one attached hydrogen (secondary N) is 1. The van der Waals surface area contributed by atoms with Crippen LogP contribution in [0.5, 0.6) is 0 Å². The van der Waals surface area contributed by atoms with Crippen LogP contribution < -0.4 is 4.72 Å². The molecule has 0 aliphatic heterocycles. The summed E-state index contributed by atoms with van der Waals surface area (Å²) in [5.74, 6) is 0. The first kappa shape index (κ1) is 16.7. The van der Waals surface area contributed by atoms with Crippen molar-refractivity contribution in [1.29, 1.82) is 0 Å². The molecule has 1 heterocycles. The molecule has 0 aliphatic carbocycles. The number of fused-ring (bicyclic) bond motifs is 4. The lowest BCUT2D eigenvalue weighted by atomic mass is 10.1. The fourth-order valence-electron chi connectivity index (χ4n) is 3.51. The molecule has 1 N–H and O–H groups in total. The second-order valence-corrected chi connectivity index (χ2v) is 8.34. The SMILES string of the molecule is O=S(=O)(Nc1ccnc2c1ccc1ccccc12)c1ccc2ccccc2c1. The molecule has 0 unspecified atom stereocenters. The summed E-state index contributed by atoms with van der Waals surface area (Å²) in [5, 5.41) is 4.72. The summed E-state index contributed by atoms with van der Waals surface area (Å²) < 4.78 is 28.8. The van der Waals surface area contributed by atoms with Crippen molar-refractivity contribution in [3.8, 4) is 0 Å². The molecule has 4 aromatic carbocycles. The lowest BCUT2D eigenvalue weighted by Gasteiger charge is -2.12. The van der Waals surface area contributed by atoms with Crippen LogP contribution in [0.3, 0.4) is 0 Å². The van der Waals surface area contributed by atoms with E-state index in [1.807, 2.05) is 66.7 Å². The van der Waals surface area contributed by atoms with Gasteiger partial charge in [-0.05, 0) is 34.4 Å². The molecule has 4 nitrogen and oxygen atoms in total. The number of rotatable bonds is 3. The first-order chi connectivity index (χ1) is 13.6. The van der Waals surface area contributed by atoms with Crippen molar-refractivity contribution in [2.45, 2.75) is 4.90 Å². The van der Waals surface area contributed by atoms with E-state index in [-0.39, 0.29) is 4.90 Å². The summed E-state index contributed by atoms with van der Waals surface area (Å²) in [6.45, 7) is 0. The van der Waals surface area contributed by atoms with Gasteiger partial charge in [0.05, 0.1) is 16.1 Å². The van der Waals surface area contributed by atoms with Crippen molar-refractivity contribution in [2.24, 2.45) is 0 Å². The fraction of sp³-hybridized carbons (Fsp3) is 0. The lowest BCUT2D eigenvalue weighted by Crippen LogP contribution is -2.13. The Bertz CT molecular complexity index is 1460. The minimum absolute atomic E-state index is 0.233. The zero-order valence-electron chi connectivity index (χ0n) is 14.8. The van der Waals surface area contributed by atoms with Crippen molar-refractivity contribution in [3.05, 3.63) is 91.1 Å². The third-order valence-corrected chi connectivity index (χ3v) is 6.27. The maximum atomic E-state index is 13.0. The van der Waals surface area contributed by atoms with Crippen LogP contribution in [0.2, 0.25) is 0 Å². The number of hydrogen-bond acceptors (Lipinski definition) is 3. The molecule has 136 valence electrons. The number of anilines is 1. The minimum Gasteiger partial charge on any atom is -0.279 e. The topological polar surface area (TPSA) is 59.1 Å². The van der Waals surface area contributed by atoms with Gasteiger partial charge in [0.15, 0.2) is 0 Å². The highest BCUT2D eigenvalue weighted by molar-refractivity contribution is 7.92. The van der Waals surface area contributed by atoms with Crippen LogP contribution in [-0.4, -0.2) is 13.4 Å². The smallest absolute Gasteiger partial charge is 0.261 e. The number of pyridine rings is 1. The molecule has 0 atom stereocenters. The summed E-state index contributed by atoms with van der Waals surface area (Å²) in [6.07, 6.45) is 1.63. The molecular weight excluding hydrogens is 368 g/mol. The highest BCUT2D eigenvalue weighted by atomic mass is 32.2. The Morgan fingerprint density at radius 3 is 2.25 bits per heavy atom. The van der Waals surface area contributed by atoms with Crippen molar-refractivity contribution >= 4 is 48.2 Å². The predicted molar refractivity (Wildman–Crippen MR) is 114 cm³/mol. The predicted octanol–water partition coefficient (Wildman–Crippen LogP) is 5.34. The normalized spacial score (nSPS) is 11.9. The van der Waals surface area contributed by atoms with Gasteiger partial charge in [-0.25, -0.2) is 8.42 Å². The van der Waals surface area contributed by atoms with Gasteiger partial charge in [0, 0.05) is 17.0 Å². The van der Waals surface area contributed by atoms with E-state index in [0.717, 1.165) is 32.4 Å². The molecule has 5 heteroatoms. The number of aromatic nitrogens is 1. The minimum atomic E-state index is -3.73. The van der Waals surface area contributed by atoms with Crippen LogP contribution in [0, 0.1) is 0 Å². The number of nitrogens with zero attached hydrogens (tertiary/aromatic N) is 1.